The van der Waals surface area contributed by atoms with E-state index in [1.54, 1.807) is 24.3 Å². The van der Waals surface area contributed by atoms with Crippen LogP contribution in [0.3, 0.4) is 0 Å². The molecule has 0 unspecified atom stereocenters. The standard InChI is InChI=1S/C20H12O5.C13H24N4O3S/c21-11-5-7-15-17(9-11)24-18-10-12(22)6-8-16(18)20(15)14-4-2-1-3-13(14)19(23)25-20;1-13(2,3)14-8-10(18)9-20-12-11(15-21-16-12)17-4-6-19-7-5-17/h1-10,21-22H;10,14,18H,4-9H2,1-3H3/t;10-/m.0/s1. The Morgan fingerprint density at radius 3 is 2.28 bits per heavy atom. The fraction of sp³-hybridized carbons (Fsp3) is 0.364. The quantitative estimate of drug-likeness (QED) is 0.222. The van der Waals surface area contributed by atoms with Gasteiger partial charge in [-0.05, 0) is 51.1 Å². The number of aliphatic hydroxyl groups is 1. The summed E-state index contributed by atoms with van der Waals surface area (Å²) in [6, 6.07) is 16.6. The van der Waals surface area contributed by atoms with Crippen LogP contribution in [-0.2, 0) is 15.1 Å². The predicted octanol–water partition coefficient (Wildman–Crippen LogP) is 4.17. The van der Waals surface area contributed by atoms with Gasteiger partial charge in [0.2, 0.25) is 5.82 Å². The van der Waals surface area contributed by atoms with Crippen molar-refractivity contribution in [1.29, 1.82) is 0 Å². The van der Waals surface area contributed by atoms with Crippen LogP contribution in [0.25, 0.3) is 0 Å². The molecule has 3 aliphatic heterocycles. The van der Waals surface area contributed by atoms with E-state index in [0.717, 1.165) is 30.6 Å². The lowest BCUT2D eigenvalue weighted by Gasteiger charge is -2.36. The Bertz CT molecular complexity index is 1660. The van der Waals surface area contributed by atoms with Gasteiger partial charge in [-0.1, -0.05) is 18.2 Å². The van der Waals surface area contributed by atoms with E-state index in [2.05, 4.69) is 39.7 Å². The van der Waals surface area contributed by atoms with Crippen LogP contribution in [0.1, 0.15) is 47.8 Å². The first-order chi connectivity index (χ1) is 22.0. The Labute approximate surface area is 270 Å². The van der Waals surface area contributed by atoms with Crippen LogP contribution in [0.15, 0.2) is 60.7 Å². The van der Waals surface area contributed by atoms with E-state index in [9.17, 15) is 20.1 Å². The van der Waals surface area contributed by atoms with Gasteiger partial charge in [-0.2, -0.15) is 4.37 Å². The SMILES string of the molecule is CC(C)(C)NC[C@H](O)COc1nsnc1N1CCOCC1.O=C1OC2(c3ccc(O)cc3Oc3cc(O)ccc32)c2ccccc21. The number of anilines is 1. The zero-order valence-corrected chi connectivity index (χ0v) is 26.5. The smallest absolute Gasteiger partial charge is 0.340 e. The minimum atomic E-state index is -1.17. The molecule has 4 N–H and O–H groups in total. The van der Waals surface area contributed by atoms with Crippen LogP contribution in [-0.4, -0.2) is 81.1 Å². The number of fused-ring (bicyclic) bond motifs is 6. The zero-order valence-electron chi connectivity index (χ0n) is 25.7. The molecule has 1 saturated heterocycles. The van der Waals surface area contributed by atoms with Crippen molar-refractivity contribution < 1.29 is 39.1 Å². The molecule has 1 spiro atoms. The molecule has 4 heterocycles. The van der Waals surface area contributed by atoms with E-state index in [1.807, 2.05) is 12.1 Å². The molecule has 7 rings (SSSR count). The van der Waals surface area contributed by atoms with Gasteiger partial charge in [0, 0.05) is 54.0 Å². The molecule has 46 heavy (non-hydrogen) atoms. The van der Waals surface area contributed by atoms with Crippen molar-refractivity contribution in [2.75, 3.05) is 44.4 Å². The van der Waals surface area contributed by atoms with E-state index >= 15 is 0 Å². The summed E-state index contributed by atoms with van der Waals surface area (Å²) in [6.45, 7) is 9.81. The Balaban J connectivity index is 0.000000165. The fourth-order valence-corrected chi connectivity index (χ4v) is 6.07. The van der Waals surface area contributed by atoms with Gasteiger partial charge in [0.1, 0.15) is 35.7 Å². The maximum Gasteiger partial charge on any atom is 0.340 e. The summed E-state index contributed by atoms with van der Waals surface area (Å²) in [7, 11) is 0. The summed E-state index contributed by atoms with van der Waals surface area (Å²) in [6.07, 6.45) is -0.580. The van der Waals surface area contributed by atoms with Crippen molar-refractivity contribution in [1.82, 2.24) is 14.1 Å². The maximum atomic E-state index is 12.5. The number of aliphatic hydroxyl groups excluding tert-OH is 1. The second kappa shape index (κ2) is 12.8. The summed E-state index contributed by atoms with van der Waals surface area (Å²) in [4.78, 5) is 14.6. The van der Waals surface area contributed by atoms with Crippen molar-refractivity contribution in [2.24, 2.45) is 0 Å². The molecule has 1 aromatic heterocycles. The number of rotatable bonds is 6. The monoisotopic (exact) mass is 648 g/mol. The average molecular weight is 649 g/mol. The summed E-state index contributed by atoms with van der Waals surface area (Å²) < 4.78 is 31.2. The number of phenols is 2. The lowest BCUT2D eigenvalue weighted by molar-refractivity contribution is 0.0224. The van der Waals surface area contributed by atoms with Crippen molar-refractivity contribution >= 4 is 23.5 Å². The van der Waals surface area contributed by atoms with Crippen LogP contribution in [0, 0.1) is 0 Å². The van der Waals surface area contributed by atoms with E-state index in [1.165, 1.54) is 24.3 Å². The third kappa shape index (κ3) is 6.31. The topological polar surface area (TPSA) is 156 Å². The Kier molecular flexibility index (Phi) is 8.75. The Morgan fingerprint density at radius 2 is 1.63 bits per heavy atom. The van der Waals surface area contributed by atoms with Gasteiger partial charge >= 0.3 is 5.97 Å². The number of hydrogen-bond acceptors (Lipinski definition) is 13. The number of β-amino-alcohol motifs (C(OH)–C–C–N with tert-alkyl or cyclic N) is 1. The number of carbonyl (C=O) groups is 1. The minimum Gasteiger partial charge on any atom is -0.508 e. The third-order valence-electron chi connectivity index (χ3n) is 7.71. The molecule has 1 fully saturated rings. The normalized spacial score (nSPS) is 16.7. The van der Waals surface area contributed by atoms with Crippen LogP contribution in [0.2, 0.25) is 0 Å². The highest BCUT2D eigenvalue weighted by molar-refractivity contribution is 6.99. The molecule has 1 atom stereocenters. The van der Waals surface area contributed by atoms with Crippen LogP contribution < -0.4 is 19.7 Å². The molecule has 0 saturated carbocycles. The van der Waals surface area contributed by atoms with Gasteiger partial charge in [-0.3, -0.25) is 0 Å². The molecule has 4 aromatic rings. The second-order valence-corrected chi connectivity index (χ2v) is 12.7. The number of nitrogens with one attached hydrogen (secondary N) is 1. The van der Waals surface area contributed by atoms with Gasteiger partial charge in [0.25, 0.3) is 5.88 Å². The number of morpholine rings is 1. The van der Waals surface area contributed by atoms with Crippen molar-refractivity contribution in [3.63, 3.8) is 0 Å². The summed E-state index contributed by atoms with van der Waals surface area (Å²) in [5.41, 5.74) is 1.26. The molecule has 13 heteroatoms. The van der Waals surface area contributed by atoms with E-state index in [0.29, 0.717) is 59.4 Å². The largest absolute Gasteiger partial charge is 0.508 e. The highest BCUT2D eigenvalue weighted by Crippen LogP contribution is 2.56. The number of aromatic nitrogens is 2. The van der Waals surface area contributed by atoms with Gasteiger partial charge in [-0.25, -0.2) is 4.79 Å². The molecule has 0 radical (unpaired) electrons. The highest BCUT2D eigenvalue weighted by atomic mass is 32.1. The molecule has 0 amide bonds. The molecular weight excluding hydrogens is 612 g/mol. The zero-order chi connectivity index (χ0) is 32.5. The Morgan fingerprint density at radius 1 is 0.978 bits per heavy atom. The van der Waals surface area contributed by atoms with Gasteiger partial charge in [0.15, 0.2) is 5.60 Å². The predicted molar refractivity (Wildman–Crippen MR) is 170 cm³/mol. The number of phenolic OH excluding ortho intramolecular Hbond substituents is 2. The first-order valence-corrected chi connectivity index (χ1v) is 15.7. The second-order valence-electron chi connectivity index (χ2n) is 12.2. The number of carbonyl (C=O) groups excluding carboxylic acids is 1. The van der Waals surface area contributed by atoms with E-state index in [-0.39, 0.29) is 23.6 Å². The number of nitrogens with zero attached hydrogens (tertiary/aromatic N) is 3. The Hall–Kier alpha value is -4.43. The van der Waals surface area contributed by atoms with Crippen molar-refractivity contribution in [2.45, 2.75) is 38.0 Å². The number of aromatic hydroxyl groups is 2. The summed E-state index contributed by atoms with van der Waals surface area (Å²) in [5, 5.41) is 32.9. The van der Waals surface area contributed by atoms with Gasteiger partial charge < -0.3 is 44.5 Å². The molecule has 3 aromatic carbocycles. The molecule has 12 nitrogen and oxygen atoms in total. The number of ether oxygens (including phenoxy) is 4. The van der Waals surface area contributed by atoms with Gasteiger partial charge in [0.05, 0.1) is 30.5 Å². The maximum absolute atomic E-state index is 12.5. The first kappa shape index (κ1) is 31.5. The number of hydrogen-bond donors (Lipinski definition) is 4. The lowest BCUT2D eigenvalue weighted by atomic mass is 9.77. The summed E-state index contributed by atoms with van der Waals surface area (Å²) >= 11 is 1.12. The van der Waals surface area contributed by atoms with E-state index < -0.39 is 17.7 Å². The molecular formula is C33H36N4O8S. The number of esters is 1. The van der Waals surface area contributed by atoms with Gasteiger partial charge in [-0.15, -0.1) is 4.37 Å². The molecule has 0 bridgehead atoms. The lowest BCUT2D eigenvalue weighted by Crippen LogP contribution is -2.42. The first-order valence-electron chi connectivity index (χ1n) is 14.9. The molecule has 242 valence electrons. The van der Waals surface area contributed by atoms with Crippen LogP contribution in [0.4, 0.5) is 5.82 Å². The van der Waals surface area contributed by atoms with E-state index in [4.69, 9.17) is 18.9 Å². The summed E-state index contributed by atoms with van der Waals surface area (Å²) in [5.74, 6) is 1.65. The third-order valence-corrected chi connectivity index (χ3v) is 8.22. The highest BCUT2D eigenvalue weighted by Gasteiger charge is 2.53. The van der Waals surface area contributed by atoms with Crippen LogP contribution in [0.5, 0.6) is 28.9 Å². The van der Waals surface area contributed by atoms with Crippen LogP contribution >= 0.6 is 11.7 Å². The van der Waals surface area contributed by atoms with Crippen molar-refractivity contribution in [3.05, 3.63) is 82.9 Å². The molecule has 3 aliphatic rings. The van der Waals surface area contributed by atoms with Crippen molar-refractivity contribution in [3.8, 4) is 28.9 Å². The minimum absolute atomic E-state index is 0.0257. The number of benzene rings is 3. The fourth-order valence-electron chi connectivity index (χ4n) is 5.55. The average Bonchev–Trinajstić information content (AvgIpc) is 3.62. The molecule has 0 aliphatic carbocycles.